The summed E-state index contributed by atoms with van der Waals surface area (Å²) in [7, 11) is -0.841. The van der Waals surface area contributed by atoms with E-state index in [9.17, 15) is 9.36 Å². The van der Waals surface area contributed by atoms with Gasteiger partial charge in [0.1, 0.15) is 18.9 Å². The van der Waals surface area contributed by atoms with Crippen molar-refractivity contribution in [2.24, 2.45) is 5.92 Å². The molecule has 0 bridgehead atoms. The Bertz CT molecular complexity index is 1310. The summed E-state index contributed by atoms with van der Waals surface area (Å²) in [5.41, 5.74) is 7.39. The minimum atomic E-state index is -3.75. The van der Waals surface area contributed by atoms with Crippen LogP contribution in [0.3, 0.4) is 0 Å². The number of carbonyl (C=O) groups is 1. The minimum absolute atomic E-state index is 0.0331. The number of esters is 1. The summed E-state index contributed by atoms with van der Waals surface area (Å²) < 4.78 is 47.6. The lowest BCUT2D eigenvalue weighted by Crippen LogP contribution is -2.35. The number of halogens is 1. The van der Waals surface area contributed by atoms with Crippen LogP contribution in [0.15, 0.2) is 36.7 Å². The molecule has 3 aromatic rings. The number of nitrogens with one attached hydrogen (secondary N) is 2. The van der Waals surface area contributed by atoms with Crippen molar-refractivity contribution in [2.75, 3.05) is 31.8 Å². The maximum Gasteiger partial charge on any atom is 0.323 e. The van der Waals surface area contributed by atoms with Crippen LogP contribution >= 0.6 is 7.52 Å². The third-order valence-electron chi connectivity index (χ3n) is 6.06. The smallest absolute Gasteiger partial charge is 0.323 e. The van der Waals surface area contributed by atoms with E-state index in [2.05, 4.69) is 25.4 Å². The van der Waals surface area contributed by atoms with Crippen LogP contribution in [-0.2, 0) is 29.5 Å². The Kier molecular flexibility index (Phi) is 7.79. The van der Waals surface area contributed by atoms with Gasteiger partial charge in [-0.1, -0.05) is 37.3 Å². The van der Waals surface area contributed by atoms with Gasteiger partial charge in [-0.3, -0.25) is 13.9 Å². The molecule has 0 saturated carbocycles. The van der Waals surface area contributed by atoms with E-state index in [0.717, 1.165) is 0 Å². The molecule has 0 radical (unpaired) electrons. The van der Waals surface area contributed by atoms with E-state index in [4.69, 9.17) is 19.7 Å². The predicted octanol–water partition coefficient (Wildman–Crippen LogP) is 3.23. The van der Waals surface area contributed by atoms with E-state index in [1.807, 2.05) is 13.0 Å². The van der Waals surface area contributed by atoms with Crippen LogP contribution in [-0.4, -0.2) is 58.1 Å². The van der Waals surface area contributed by atoms with Crippen molar-refractivity contribution < 1.29 is 27.7 Å². The highest BCUT2D eigenvalue weighted by molar-refractivity contribution is 7.56. The average molecular weight is 536 g/mol. The van der Waals surface area contributed by atoms with Gasteiger partial charge in [0.15, 0.2) is 17.0 Å². The fraction of sp³-hybridized carbons (Fsp3) is 0.478. The maximum absolute atomic E-state index is 16.0. The van der Waals surface area contributed by atoms with Crippen molar-refractivity contribution in [1.82, 2.24) is 24.6 Å². The first-order chi connectivity index (χ1) is 17.6. The molecule has 5 atom stereocenters. The summed E-state index contributed by atoms with van der Waals surface area (Å²) in [6.07, 6.45) is 0.634. The highest BCUT2D eigenvalue weighted by Gasteiger charge is 2.48. The number of nitrogens with two attached hydrogens (primary N) is 1. The van der Waals surface area contributed by atoms with Gasteiger partial charge in [0.05, 0.1) is 19.6 Å². The lowest BCUT2D eigenvalue weighted by atomic mass is 10.1. The largest absolute Gasteiger partial charge is 0.468 e. The number of imidazole rings is 1. The van der Waals surface area contributed by atoms with Gasteiger partial charge in [-0.15, -0.1) is 0 Å². The van der Waals surface area contributed by atoms with Gasteiger partial charge >= 0.3 is 5.97 Å². The standard InChI is InChI=1S/C23H31FN7O5P/c1-14-10-23(24,36-20(14)31-13-27-17-18(26-3)28-22(25)29-19(17)31)12-35-37(33,30-15(2)21(32)34-4)11-16-8-6-5-7-9-16/h5-9,13-15,20H,10-12H2,1-4H3,(H,30,33)(H3,25,26,28,29)/t14-,15-,20+,23-,37?/m0/s1. The number of aromatic nitrogens is 4. The molecule has 1 saturated heterocycles. The number of hydrogen-bond donors (Lipinski definition) is 3. The number of anilines is 2. The molecule has 1 aromatic carbocycles. The first-order valence-electron chi connectivity index (χ1n) is 11.7. The maximum atomic E-state index is 16.0. The van der Waals surface area contributed by atoms with Gasteiger partial charge in [0.25, 0.3) is 7.52 Å². The van der Waals surface area contributed by atoms with Gasteiger partial charge in [-0.25, -0.2) is 14.5 Å². The summed E-state index contributed by atoms with van der Waals surface area (Å²) in [5.74, 6) is -2.71. The second kappa shape index (κ2) is 10.7. The normalized spacial score (nSPS) is 24.0. The Morgan fingerprint density at radius 3 is 2.78 bits per heavy atom. The number of nitrogen functional groups attached to an aromatic ring is 1. The molecule has 4 rings (SSSR count). The minimum Gasteiger partial charge on any atom is -0.468 e. The molecular formula is C23H31FN7O5P. The van der Waals surface area contributed by atoms with Gasteiger partial charge in [-0.05, 0) is 12.5 Å². The summed E-state index contributed by atoms with van der Waals surface area (Å²) in [4.78, 5) is 24.7. The van der Waals surface area contributed by atoms with Crippen LogP contribution in [0.25, 0.3) is 11.2 Å². The average Bonchev–Trinajstić information content (AvgIpc) is 3.42. The van der Waals surface area contributed by atoms with Crippen molar-refractivity contribution in [3.8, 4) is 0 Å². The van der Waals surface area contributed by atoms with Crippen molar-refractivity contribution in [1.29, 1.82) is 0 Å². The molecule has 2 aromatic heterocycles. The Labute approximate surface area is 213 Å². The number of nitrogens with zero attached hydrogens (tertiary/aromatic N) is 4. The molecule has 1 aliphatic heterocycles. The van der Waals surface area contributed by atoms with Gasteiger partial charge < -0.3 is 25.0 Å². The Morgan fingerprint density at radius 1 is 1.38 bits per heavy atom. The van der Waals surface area contributed by atoms with E-state index in [-0.39, 0.29) is 24.4 Å². The topological polar surface area (TPSA) is 156 Å². The Morgan fingerprint density at radius 2 is 2.11 bits per heavy atom. The van der Waals surface area contributed by atoms with Gasteiger partial charge in [0.2, 0.25) is 11.8 Å². The lowest BCUT2D eigenvalue weighted by molar-refractivity contribution is -0.172. The number of hydrogen-bond acceptors (Lipinski definition) is 10. The fourth-order valence-electron chi connectivity index (χ4n) is 4.36. The Balaban J connectivity index is 1.54. The van der Waals surface area contributed by atoms with Crippen molar-refractivity contribution in [2.45, 2.75) is 44.6 Å². The van der Waals surface area contributed by atoms with E-state index in [1.54, 1.807) is 35.9 Å². The zero-order valence-electron chi connectivity index (χ0n) is 21.1. The zero-order chi connectivity index (χ0) is 26.8. The molecule has 0 amide bonds. The number of fused-ring (bicyclic) bond motifs is 1. The number of alkyl halides is 1. The monoisotopic (exact) mass is 535 g/mol. The third-order valence-corrected chi connectivity index (χ3v) is 8.17. The number of ether oxygens (including phenoxy) is 2. The van der Waals surface area contributed by atoms with Gasteiger partial charge in [0, 0.05) is 19.4 Å². The predicted molar refractivity (Wildman–Crippen MR) is 135 cm³/mol. The third kappa shape index (κ3) is 5.90. The molecule has 1 fully saturated rings. The van der Waals surface area contributed by atoms with Crippen LogP contribution < -0.4 is 16.1 Å². The molecule has 14 heteroatoms. The SMILES string of the molecule is CNc1nc(N)nc2c1ncn2[C@@H]1O[C@](F)(COP(=O)(Cc2ccccc2)N[C@@H](C)C(=O)OC)C[C@@H]1C. The molecule has 37 heavy (non-hydrogen) atoms. The zero-order valence-corrected chi connectivity index (χ0v) is 21.9. The van der Waals surface area contributed by atoms with E-state index < -0.39 is 38.2 Å². The summed E-state index contributed by atoms with van der Waals surface area (Å²) in [5, 5.41) is 5.62. The van der Waals surface area contributed by atoms with Crippen LogP contribution in [0.2, 0.25) is 0 Å². The number of benzene rings is 1. The lowest BCUT2D eigenvalue weighted by Gasteiger charge is -2.27. The molecule has 200 valence electrons. The first kappa shape index (κ1) is 26.9. The van der Waals surface area contributed by atoms with Crippen LogP contribution in [0.1, 0.15) is 32.1 Å². The molecule has 1 unspecified atom stereocenters. The second-order valence-electron chi connectivity index (χ2n) is 9.04. The van der Waals surface area contributed by atoms with E-state index >= 15 is 4.39 Å². The molecule has 3 heterocycles. The van der Waals surface area contributed by atoms with Crippen molar-refractivity contribution in [3.05, 3.63) is 42.2 Å². The highest BCUT2D eigenvalue weighted by Crippen LogP contribution is 2.50. The summed E-state index contributed by atoms with van der Waals surface area (Å²) in [6.45, 7) is 2.70. The van der Waals surface area contributed by atoms with E-state index in [1.165, 1.54) is 20.4 Å². The molecule has 0 spiro atoms. The van der Waals surface area contributed by atoms with Crippen molar-refractivity contribution in [3.63, 3.8) is 0 Å². The molecule has 12 nitrogen and oxygen atoms in total. The quantitative estimate of drug-likeness (QED) is 0.259. The Hall–Kier alpha value is -3.12. The van der Waals surface area contributed by atoms with Crippen LogP contribution in [0.4, 0.5) is 16.2 Å². The highest BCUT2D eigenvalue weighted by atomic mass is 31.2. The van der Waals surface area contributed by atoms with E-state index in [0.29, 0.717) is 22.5 Å². The van der Waals surface area contributed by atoms with Crippen LogP contribution in [0, 0.1) is 5.92 Å². The fourth-order valence-corrected chi connectivity index (χ4v) is 6.40. The van der Waals surface area contributed by atoms with Crippen LogP contribution in [0.5, 0.6) is 0 Å². The number of methoxy groups -OCH3 is 1. The molecule has 0 aliphatic carbocycles. The number of rotatable bonds is 10. The number of carbonyl (C=O) groups excluding carboxylic acids is 1. The molecule has 4 N–H and O–H groups in total. The first-order valence-corrected chi connectivity index (χ1v) is 13.5. The van der Waals surface area contributed by atoms with Gasteiger partial charge in [-0.2, -0.15) is 9.97 Å². The molecule has 1 aliphatic rings. The summed E-state index contributed by atoms with van der Waals surface area (Å²) >= 11 is 0. The second-order valence-corrected chi connectivity index (χ2v) is 11.2. The summed E-state index contributed by atoms with van der Waals surface area (Å²) in [6, 6.07) is 8.01. The molecular weight excluding hydrogens is 504 g/mol. The van der Waals surface area contributed by atoms with Crippen molar-refractivity contribution >= 4 is 36.4 Å².